The summed E-state index contributed by atoms with van der Waals surface area (Å²) in [7, 11) is 1.52. The number of pyridine rings is 1. The van der Waals surface area contributed by atoms with Crippen molar-refractivity contribution >= 4 is 5.91 Å². The highest BCUT2D eigenvalue weighted by molar-refractivity contribution is 5.92. The summed E-state index contributed by atoms with van der Waals surface area (Å²) < 4.78 is 17.9. The molecule has 0 saturated carbocycles. The average molecular weight is 288 g/mol. The van der Waals surface area contributed by atoms with E-state index in [0.717, 1.165) is 17.5 Å². The molecule has 7 heteroatoms. The molecule has 3 heterocycles. The molecule has 1 aliphatic heterocycles. The molecule has 0 bridgehead atoms. The second kappa shape index (κ2) is 5.43. The summed E-state index contributed by atoms with van der Waals surface area (Å²) in [6.07, 6.45) is 1.67. The van der Waals surface area contributed by atoms with Crippen molar-refractivity contribution in [2.75, 3.05) is 13.7 Å². The molecule has 108 valence electrons. The van der Waals surface area contributed by atoms with E-state index in [0.29, 0.717) is 25.4 Å². The summed E-state index contributed by atoms with van der Waals surface area (Å²) in [6.45, 7) is 0.949. The van der Waals surface area contributed by atoms with Crippen LogP contribution in [0.4, 0.5) is 4.39 Å². The van der Waals surface area contributed by atoms with Gasteiger partial charge in [0.15, 0.2) is 0 Å². The first kappa shape index (κ1) is 13.4. The number of hydrogen-bond acceptors (Lipinski definition) is 5. The van der Waals surface area contributed by atoms with E-state index < -0.39 is 5.82 Å². The smallest absolute Gasteiger partial charge is 0.272 e. The molecule has 0 N–H and O–H groups in total. The fourth-order valence-corrected chi connectivity index (χ4v) is 2.25. The maximum atomic E-state index is 12.9. The monoisotopic (exact) mass is 288 g/mol. The lowest BCUT2D eigenvalue weighted by Gasteiger charge is -2.27. The van der Waals surface area contributed by atoms with Gasteiger partial charge in [-0.25, -0.2) is 9.37 Å². The summed E-state index contributed by atoms with van der Waals surface area (Å²) in [5, 5.41) is 8.01. The zero-order chi connectivity index (χ0) is 14.8. The van der Waals surface area contributed by atoms with Crippen LogP contribution < -0.4 is 4.74 Å². The van der Waals surface area contributed by atoms with Gasteiger partial charge in [0.25, 0.3) is 5.91 Å². The Morgan fingerprint density at radius 2 is 2.24 bits per heavy atom. The van der Waals surface area contributed by atoms with Crippen LogP contribution in [0.15, 0.2) is 24.4 Å². The number of hydrogen-bond donors (Lipinski definition) is 0. The summed E-state index contributed by atoms with van der Waals surface area (Å²) >= 11 is 0. The first-order valence-corrected chi connectivity index (χ1v) is 6.47. The van der Waals surface area contributed by atoms with E-state index in [2.05, 4.69) is 15.2 Å². The molecule has 3 rings (SSSR count). The lowest BCUT2D eigenvalue weighted by atomic mass is 10.1. The van der Waals surface area contributed by atoms with Crippen molar-refractivity contribution in [3.8, 4) is 5.88 Å². The number of halogens is 1. The van der Waals surface area contributed by atoms with Gasteiger partial charge in [-0.15, -0.1) is 5.10 Å². The van der Waals surface area contributed by atoms with Crippen LogP contribution in [0.2, 0.25) is 0 Å². The third kappa shape index (κ3) is 2.67. The Morgan fingerprint density at radius 3 is 2.95 bits per heavy atom. The normalized spacial score (nSPS) is 13.7. The van der Waals surface area contributed by atoms with Crippen LogP contribution in [-0.2, 0) is 13.0 Å². The zero-order valence-electron chi connectivity index (χ0n) is 11.4. The molecule has 1 amide bonds. The molecule has 0 saturated heterocycles. The van der Waals surface area contributed by atoms with Gasteiger partial charge in [0.1, 0.15) is 11.5 Å². The van der Waals surface area contributed by atoms with Crippen LogP contribution in [0.25, 0.3) is 0 Å². The van der Waals surface area contributed by atoms with E-state index >= 15 is 0 Å². The van der Waals surface area contributed by atoms with Crippen molar-refractivity contribution in [2.45, 2.75) is 13.0 Å². The van der Waals surface area contributed by atoms with Gasteiger partial charge in [-0.05, 0) is 12.1 Å². The van der Waals surface area contributed by atoms with E-state index in [-0.39, 0.29) is 11.6 Å². The number of nitrogens with zero attached hydrogens (tertiary/aromatic N) is 4. The van der Waals surface area contributed by atoms with Crippen molar-refractivity contribution in [3.05, 3.63) is 47.2 Å². The Labute approximate surface area is 120 Å². The maximum Gasteiger partial charge on any atom is 0.272 e. The number of carbonyl (C=O) groups is 1. The Kier molecular flexibility index (Phi) is 3.47. The van der Waals surface area contributed by atoms with Gasteiger partial charge >= 0.3 is 0 Å². The minimum absolute atomic E-state index is 0.226. The largest absolute Gasteiger partial charge is 0.480 e. The molecule has 2 aromatic rings. The molecule has 0 aromatic carbocycles. The molecule has 2 aromatic heterocycles. The molecule has 0 spiro atoms. The van der Waals surface area contributed by atoms with Gasteiger partial charge < -0.3 is 9.64 Å². The van der Waals surface area contributed by atoms with Crippen LogP contribution in [0.1, 0.15) is 21.7 Å². The van der Waals surface area contributed by atoms with Crippen LogP contribution in [-0.4, -0.2) is 39.6 Å². The van der Waals surface area contributed by atoms with Crippen molar-refractivity contribution < 1.29 is 13.9 Å². The molecular weight excluding hydrogens is 275 g/mol. The zero-order valence-corrected chi connectivity index (χ0v) is 11.4. The number of rotatable bonds is 2. The molecule has 0 unspecified atom stereocenters. The standard InChI is InChI=1S/C14H13FN4O2/c1-21-13-6-9-8-19(5-4-11(9)17-18-13)14(20)12-3-2-10(15)7-16-12/h2-3,6-7H,4-5,8H2,1H3. The number of fused-ring (bicyclic) bond motifs is 1. The number of amides is 1. The highest BCUT2D eigenvalue weighted by atomic mass is 19.1. The van der Waals surface area contributed by atoms with E-state index in [1.54, 1.807) is 11.0 Å². The number of ether oxygens (including phenoxy) is 1. The van der Waals surface area contributed by atoms with E-state index in [4.69, 9.17) is 4.74 Å². The molecular formula is C14H13FN4O2. The topological polar surface area (TPSA) is 68.2 Å². The van der Waals surface area contributed by atoms with Crippen LogP contribution in [0.5, 0.6) is 5.88 Å². The van der Waals surface area contributed by atoms with E-state index in [1.807, 2.05) is 0 Å². The third-order valence-corrected chi connectivity index (χ3v) is 3.36. The Balaban J connectivity index is 1.81. The van der Waals surface area contributed by atoms with Crippen molar-refractivity contribution in [2.24, 2.45) is 0 Å². The lowest BCUT2D eigenvalue weighted by Crippen LogP contribution is -2.36. The number of aromatic nitrogens is 3. The second-order valence-corrected chi connectivity index (χ2v) is 4.70. The third-order valence-electron chi connectivity index (χ3n) is 3.36. The Hall–Kier alpha value is -2.57. The van der Waals surface area contributed by atoms with Crippen LogP contribution in [0.3, 0.4) is 0 Å². The fourth-order valence-electron chi connectivity index (χ4n) is 2.25. The molecule has 0 fully saturated rings. The predicted octanol–water partition coefficient (Wildman–Crippen LogP) is 1.22. The predicted molar refractivity (Wildman–Crippen MR) is 71.2 cm³/mol. The van der Waals surface area contributed by atoms with Crippen molar-refractivity contribution in [1.82, 2.24) is 20.1 Å². The average Bonchev–Trinajstić information content (AvgIpc) is 2.53. The van der Waals surface area contributed by atoms with Crippen molar-refractivity contribution in [3.63, 3.8) is 0 Å². The van der Waals surface area contributed by atoms with Gasteiger partial charge in [0.05, 0.1) is 19.0 Å². The quantitative estimate of drug-likeness (QED) is 0.831. The van der Waals surface area contributed by atoms with Gasteiger partial charge in [-0.1, -0.05) is 0 Å². The van der Waals surface area contributed by atoms with Gasteiger partial charge in [0.2, 0.25) is 5.88 Å². The van der Waals surface area contributed by atoms with E-state index in [9.17, 15) is 9.18 Å². The molecule has 1 aliphatic rings. The van der Waals surface area contributed by atoms with Crippen LogP contribution >= 0.6 is 0 Å². The Morgan fingerprint density at radius 1 is 1.38 bits per heavy atom. The summed E-state index contributed by atoms with van der Waals surface area (Å²) in [5.74, 6) is -0.269. The molecule has 21 heavy (non-hydrogen) atoms. The van der Waals surface area contributed by atoms with Gasteiger partial charge in [0, 0.05) is 31.1 Å². The minimum atomic E-state index is -0.462. The highest BCUT2D eigenvalue weighted by Crippen LogP contribution is 2.20. The number of methoxy groups -OCH3 is 1. The van der Waals surface area contributed by atoms with Gasteiger partial charge in [-0.3, -0.25) is 4.79 Å². The SMILES string of the molecule is COc1cc2c(nn1)CCN(C(=O)c1ccc(F)cn1)C2. The summed E-state index contributed by atoms with van der Waals surface area (Å²) in [5.41, 5.74) is 2.00. The Bertz CT molecular complexity index is 675. The van der Waals surface area contributed by atoms with Crippen LogP contribution in [0, 0.1) is 5.82 Å². The molecule has 6 nitrogen and oxygen atoms in total. The summed E-state index contributed by atoms with van der Waals surface area (Å²) in [4.78, 5) is 17.8. The second-order valence-electron chi connectivity index (χ2n) is 4.70. The molecule has 0 atom stereocenters. The first-order chi connectivity index (χ1) is 10.2. The van der Waals surface area contributed by atoms with Crippen molar-refractivity contribution in [1.29, 1.82) is 0 Å². The maximum absolute atomic E-state index is 12.9. The summed E-state index contributed by atoms with van der Waals surface area (Å²) in [6, 6.07) is 4.39. The fraction of sp³-hybridized carbons (Fsp3) is 0.286. The minimum Gasteiger partial charge on any atom is -0.480 e. The first-order valence-electron chi connectivity index (χ1n) is 6.47. The van der Waals surface area contributed by atoms with Gasteiger partial charge in [-0.2, -0.15) is 5.10 Å². The molecule has 0 aliphatic carbocycles. The lowest BCUT2D eigenvalue weighted by molar-refractivity contribution is 0.0726. The highest BCUT2D eigenvalue weighted by Gasteiger charge is 2.24. The van der Waals surface area contributed by atoms with E-state index in [1.165, 1.54) is 19.2 Å². The molecule has 0 radical (unpaired) electrons. The number of carbonyl (C=O) groups excluding carboxylic acids is 1.